The first-order valence-electron chi connectivity index (χ1n) is 9.98. The molecule has 0 radical (unpaired) electrons. The Morgan fingerprint density at radius 1 is 1.25 bits per heavy atom. The van der Waals surface area contributed by atoms with Gasteiger partial charge in [0.1, 0.15) is 23.5 Å². The van der Waals surface area contributed by atoms with E-state index in [9.17, 15) is 27.9 Å². The van der Waals surface area contributed by atoms with Gasteiger partial charge in [0, 0.05) is 31.8 Å². The molecule has 174 valence electrons. The lowest BCUT2D eigenvalue weighted by Crippen LogP contribution is -2.49. The van der Waals surface area contributed by atoms with Crippen molar-refractivity contribution in [2.75, 3.05) is 13.6 Å². The molecule has 12 heteroatoms. The summed E-state index contributed by atoms with van der Waals surface area (Å²) in [5.74, 6) is -0.790. The van der Waals surface area contributed by atoms with Crippen LogP contribution < -0.4 is 5.32 Å². The van der Waals surface area contributed by atoms with Crippen molar-refractivity contribution in [1.82, 2.24) is 30.2 Å². The predicted molar refractivity (Wildman–Crippen MR) is 107 cm³/mol. The molecule has 32 heavy (non-hydrogen) atoms. The second-order valence-electron chi connectivity index (χ2n) is 8.79. The molecular formula is C20H25F3N6O3. The first kappa shape index (κ1) is 23.6. The van der Waals surface area contributed by atoms with E-state index >= 15 is 0 Å². The smallest absolute Gasteiger partial charge is 0.391 e. The van der Waals surface area contributed by atoms with Crippen LogP contribution in [-0.2, 0) is 15.8 Å². The maximum Gasteiger partial charge on any atom is 0.433 e. The van der Waals surface area contributed by atoms with E-state index in [0.717, 1.165) is 12.3 Å². The average Bonchev–Trinajstić information content (AvgIpc) is 3.33. The van der Waals surface area contributed by atoms with Gasteiger partial charge in [-0.1, -0.05) is 26.0 Å². The summed E-state index contributed by atoms with van der Waals surface area (Å²) in [4.78, 5) is 30.5. The van der Waals surface area contributed by atoms with Crippen LogP contribution in [0.5, 0.6) is 0 Å². The Bertz CT molecular complexity index is 984. The molecule has 2 aromatic heterocycles. The van der Waals surface area contributed by atoms with Gasteiger partial charge in [-0.2, -0.15) is 13.2 Å². The largest absolute Gasteiger partial charge is 0.433 e. The summed E-state index contributed by atoms with van der Waals surface area (Å²) in [6.07, 6.45) is -2.75. The molecule has 0 aliphatic carbocycles. The van der Waals surface area contributed by atoms with Gasteiger partial charge in [-0.3, -0.25) is 14.6 Å². The third-order valence-electron chi connectivity index (χ3n) is 5.29. The number of nitrogens with one attached hydrogen (secondary N) is 1. The SMILES string of the molecule is CNC(=O)[C@@H]1C[C@@H](O)CN1C(=O)[C@@H](n1cc(-c2ccc(C(F)(F)F)nc2)nn1)C(C)(C)C. The highest BCUT2D eigenvalue weighted by atomic mass is 19.4. The van der Waals surface area contributed by atoms with Gasteiger partial charge in [0.05, 0.1) is 12.3 Å². The fourth-order valence-corrected chi connectivity index (χ4v) is 3.76. The van der Waals surface area contributed by atoms with Gasteiger partial charge in [-0.25, -0.2) is 4.68 Å². The van der Waals surface area contributed by atoms with Crippen molar-refractivity contribution in [3.8, 4) is 11.3 Å². The number of hydrogen-bond donors (Lipinski definition) is 2. The van der Waals surface area contributed by atoms with E-state index in [4.69, 9.17) is 0 Å². The molecule has 0 aromatic carbocycles. The number of aromatic nitrogens is 4. The van der Waals surface area contributed by atoms with Gasteiger partial charge in [0.25, 0.3) is 0 Å². The Morgan fingerprint density at radius 3 is 2.47 bits per heavy atom. The van der Waals surface area contributed by atoms with Gasteiger partial charge >= 0.3 is 6.18 Å². The van der Waals surface area contributed by atoms with Crippen LogP contribution in [0.3, 0.4) is 0 Å². The normalized spacial score (nSPS) is 20.3. The summed E-state index contributed by atoms with van der Waals surface area (Å²) in [6.45, 7) is 5.46. The van der Waals surface area contributed by atoms with E-state index in [1.54, 1.807) is 0 Å². The standard InChI is InChI=1S/C20H25F3N6O3/c1-19(2,3)16(18(32)28-9-12(30)7-14(28)17(31)24-4)29-10-13(26-27-29)11-5-6-15(25-8-11)20(21,22)23/h5-6,8,10,12,14,16,30H,7,9H2,1-4H3,(H,24,31)/t12-,14+,16-/m1/s1. The van der Waals surface area contributed by atoms with Crippen molar-refractivity contribution in [3.05, 3.63) is 30.2 Å². The van der Waals surface area contributed by atoms with Crippen LogP contribution in [0.1, 0.15) is 38.9 Å². The van der Waals surface area contributed by atoms with Crippen LogP contribution in [0.2, 0.25) is 0 Å². The number of likely N-dealkylation sites (tertiary alicyclic amines) is 1. The minimum atomic E-state index is -4.55. The van der Waals surface area contributed by atoms with E-state index in [-0.39, 0.29) is 24.6 Å². The number of pyridine rings is 1. The van der Waals surface area contributed by atoms with Crippen molar-refractivity contribution in [2.45, 2.75) is 51.6 Å². The number of rotatable bonds is 4. The van der Waals surface area contributed by atoms with Crippen molar-refractivity contribution >= 4 is 11.8 Å². The second-order valence-corrected chi connectivity index (χ2v) is 8.79. The fraction of sp³-hybridized carbons (Fsp3) is 0.550. The fourth-order valence-electron chi connectivity index (χ4n) is 3.76. The van der Waals surface area contributed by atoms with E-state index in [2.05, 4.69) is 20.6 Å². The van der Waals surface area contributed by atoms with Crippen LogP contribution in [0.4, 0.5) is 13.2 Å². The summed E-state index contributed by atoms with van der Waals surface area (Å²) in [5, 5.41) is 20.6. The number of aliphatic hydroxyl groups is 1. The van der Waals surface area contributed by atoms with Crippen LogP contribution in [0, 0.1) is 5.41 Å². The van der Waals surface area contributed by atoms with Crippen molar-refractivity contribution in [2.24, 2.45) is 5.41 Å². The van der Waals surface area contributed by atoms with Crippen LogP contribution in [0.15, 0.2) is 24.5 Å². The first-order valence-corrected chi connectivity index (χ1v) is 9.98. The number of likely N-dealkylation sites (N-methyl/N-ethyl adjacent to an activating group) is 1. The van der Waals surface area contributed by atoms with Gasteiger partial charge < -0.3 is 15.3 Å². The van der Waals surface area contributed by atoms with Crippen LogP contribution in [-0.4, -0.2) is 67.5 Å². The Hall–Kier alpha value is -3.02. The molecule has 2 aromatic rings. The third-order valence-corrected chi connectivity index (χ3v) is 5.29. The number of carbonyl (C=O) groups is 2. The highest BCUT2D eigenvalue weighted by Gasteiger charge is 2.45. The number of amides is 2. The quantitative estimate of drug-likeness (QED) is 0.727. The van der Waals surface area contributed by atoms with E-state index in [1.807, 2.05) is 20.8 Å². The molecule has 0 spiro atoms. The number of alkyl halides is 3. The summed E-state index contributed by atoms with van der Waals surface area (Å²) in [6, 6.07) is 0.398. The summed E-state index contributed by atoms with van der Waals surface area (Å²) in [5.41, 5.74) is -1.12. The molecule has 1 saturated heterocycles. The molecule has 1 fully saturated rings. The minimum absolute atomic E-state index is 0.00782. The van der Waals surface area contributed by atoms with Gasteiger partial charge in [0.2, 0.25) is 11.8 Å². The zero-order valence-electron chi connectivity index (χ0n) is 18.1. The lowest BCUT2D eigenvalue weighted by molar-refractivity contribution is -0.144. The molecule has 1 aliphatic heterocycles. The minimum Gasteiger partial charge on any atom is -0.391 e. The zero-order valence-corrected chi connectivity index (χ0v) is 18.1. The molecule has 0 bridgehead atoms. The molecule has 3 heterocycles. The molecule has 0 unspecified atom stereocenters. The van der Waals surface area contributed by atoms with Gasteiger partial charge in [-0.05, 0) is 17.5 Å². The van der Waals surface area contributed by atoms with Crippen molar-refractivity contribution < 1.29 is 27.9 Å². The molecular weight excluding hydrogens is 429 g/mol. The highest BCUT2D eigenvalue weighted by Crippen LogP contribution is 2.35. The molecule has 0 saturated carbocycles. The van der Waals surface area contributed by atoms with Crippen LogP contribution >= 0.6 is 0 Å². The number of aliphatic hydroxyl groups excluding tert-OH is 1. The lowest BCUT2D eigenvalue weighted by atomic mass is 9.85. The first-order chi connectivity index (χ1) is 14.8. The van der Waals surface area contributed by atoms with Crippen molar-refractivity contribution in [1.29, 1.82) is 0 Å². The number of carbonyl (C=O) groups excluding carboxylic acids is 2. The molecule has 3 rings (SSSR count). The molecule has 3 atom stereocenters. The Labute approximate surface area is 182 Å². The zero-order chi connectivity index (χ0) is 23.8. The highest BCUT2D eigenvalue weighted by molar-refractivity contribution is 5.90. The summed E-state index contributed by atoms with van der Waals surface area (Å²) < 4.78 is 39.6. The Kier molecular flexibility index (Phi) is 6.27. The monoisotopic (exact) mass is 454 g/mol. The predicted octanol–water partition coefficient (Wildman–Crippen LogP) is 1.65. The molecule has 1 aliphatic rings. The number of hydrogen-bond acceptors (Lipinski definition) is 6. The van der Waals surface area contributed by atoms with E-state index in [1.165, 1.54) is 28.9 Å². The molecule has 9 nitrogen and oxygen atoms in total. The summed E-state index contributed by atoms with van der Waals surface area (Å²) in [7, 11) is 1.46. The average molecular weight is 454 g/mol. The van der Waals surface area contributed by atoms with E-state index in [0.29, 0.717) is 5.56 Å². The van der Waals surface area contributed by atoms with Gasteiger partial charge in [0.15, 0.2) is 0 Å². The van der Waals surface area contributed by atoms with Gasteiger partial charge in [-0.15, -0.1) is 5.10 Å². The number of nitrogens with zero attached hydrogens (tertiary/aromatic N) is 5. The maximum atomic E-state index is 13.5. The number of halogens is 3. The van der Waals surface area contributed by atoms with E-state index < -0.39 is 41.4 Å². The maximum absolute atomic E-state index is 13.5. The molecule has 2 N–H and O–H groups in total. The van der Waals surface area contributed by atoms with Crippen LogP contribution in [0.25, 0.3) is 11.3 Å². The second kappa shape index (κ2) is 8.49. The lowest BCUT2D eigenvalue weighted by Gasteiger charge is -2.34. The Balaban J connectivity index is 1.92. The number of β-amino-alcohol motifs (C(OH)–C–C–N with tert-alkyl or cyclic N) is 1. The summed E-state index contributed by atoms with van der Waals surface area (Å²) >= 11 is 0. The third kappa shape index (κ3) is 4.74. The molecule has 2 amide bonds. The topological polar surface area (TPSA) is 113 Å². The van der Waals surface area contributed by atoms with Crippen molar-refractivity contribution in [3.63, 3.8) is 0 Å². The Morgan fingerprint density at radius 2 is 1.94 bits per heavy atom.